The summed E-state index contributed by atoms with van der Waals surface area (Å²) >= 11 is 0. The summed E-state index contributed by atoms with van der Waals surface area (Å²) in [6, 6.07) is 0.689. The maximum Gasteiger partial charge on any atom is 0.219 e. The van der Waals surface area contributed by atoms with Crippen LogP contribution in [0.3, 0.4) is 0 Å². The second-order valence-electron chi connectivity index (χ2n) is 4.61. The fourth-order valence-corrected chi connectivity index (χ4v) is 2.17. The fourth-order valence-electron chi connectivity index (χ4n) is 2.17. The molecule has 1 atom stereocenters. The van der Waals surface area contributed by atoms with E-state index in [1.807, 2.05) is 0 Å². The Kier molecular flexibility index (Phi) is 6.42. The average Bonchev–Trinajstić information content (AvgIpc) is 2.30. The predicted molar refractivity (Wildman–Crippen MR) is 66.4 cm³/mol. The zero-order chi connectivity index (χ0) is 11.8. The van der Waals surface area contributed by atoms with Crippen molar-refractivity contribution in [2.45, 2.75) is 38.1 Å². The lowest BCUT2D eigenvalue weighted by atomic mass is 10.0. The number of likely N-dealkylation sites (N-methyl/N-ethyl adjacent to an activating group) is 1. The molecule has 0 spiro atoms. The van der Waals surface area contributed by atoms with Gasteiger partial charge in [-0.25, -0.2) is 0 Å². The molecule has 0 aromatic rings. The van der Waals surface area contributed by atoms with Crippen LogP contribution in [0.25, 0.3) is 0 Å². The number of carbonyl (C=O) groups excluding carboxylic acids is 1. The van der Waals surface area contributed by atoms with E-state index in [0.29, 0.717) is 12.5 Å². The van der Waals surface area contributed by atoms with E-state index in [2.05, 4.69) is 22.6 Å². The molecular weight excluding hydrogens is 202 g/mol. The van der Waals surface area contributed by atoms with Gasteiger partial charge in [0.05, 0.1) is 0 Å². The van der Waals surface area contributed by atoms with Gasteiger partial charge < -0.3 is 15.5 Å². The Morgan fingerprint density at radius 2 is 2.25 bits per heavy atom. The quantitative estimate of drug-likeness (QED) is 0.653. The minimum atomic E-state index is 0.136. The van der Waals surface area contributed by atoms with Gasteiger partial charge in [0.15, 0.2) is 0 Å². The van der Waals surface area contributed by atoms with Crippen molar-refractivity contribution in [1.82, 2.24) is 15.5 Å². The lowest BCUT2D eigenvalue weighted by Gasteiger charge is -2.32. The van der Waals surface area contributed by atoms with E-state index in [0.717, 1.165) is 19.5 Å². The predicted octanol–water partition coefficient (Wildman–Crippen LogP) is 0.587. The molecule has 1 heterocycles. The maximum atomic E-state index is 11.0. The van der Waals surface area contributed by atoms with Crippen LogP contribution in [0.5, 0.6) is 0 Å². The first-order chi connectivity index (χ1) is 7.74. The molecule has 4 heteroatoms. The zero-order valence-corrected chi connectivity index (χ0v) is 10.6. The summed E-state index contributed by atoms with van der Waals surface area (Å²) < 4.78 is 0. The molecule has 0 bridgehead atoms. The highest BCUT2D eigenvalue weighted by Gasteiger charge is 2.17. The van der Waals surface area contributed by atoms with E-state index in [1.165, 1.54) is 25.8 Å². The van der Waals surface area contributed by atoms with Gasteiger partial charge in [-0.05, 0) is 39.4 Å². The van der Waals surface area contributed by atoms with Crippen molar-refractivity contribution >= 4 is 5.91 Å². The number of amides is 1. The molecule has 1 rings (SSSR count). The van der Waals surface area contributed by atoms with Crippen molar-refractivity contribution in [2.24, 2.45) is 0 Å². The second kappa shape index (κ2) is 7.63. The van der Waals surface area contributed by atoms with Gasteiger partial charge >= 0.3 is 0 Å². The van der Waals surface area contributed by atoms with Gasteiger partial charge in [0.2, 0.25) is 5.91 Å². The lowest BCUT2D eigenvalue weighted by Crippen LogP contribution is -2.43. The Hall–Kier alpha value is -0.610. The second-order valence-corrected chi connectivity index (χ2v) is 4.61. The third-order valence-corrected chi connectivity index (χ3v) is 3.34. The molecule has 2 N–H and O–H groups in total. The van der Waals surface area contributed by atoms with Crippen molar-refractivity contribution in [3.63, 3.8) is 0 Å². The average molecular weight is 227 g/mol. The number of nitrogens with one attached hydrogen (secondary N) is 2. The summed E-state index contributed by atoms with van der Waals surface area (Å²) in [5.74, 6) is 0.136. The molecule has 1 fully saturated rings. The van der Waals surface area contributed by atoms with E-state index in [4.69, 9.17) is 0 Å². The zero-order valence-electron chi connectivity index (χ0n) is 10.6. The molecule has 0 aromatic heterocycles. The smallest absolute Gasteiger partial charge is 0.219 e. The van der Waals surface area contributed by atoms with E-state index >= 15 is 0 Å². The Morgan fingerprint density at radius 3 is 2.94 bits per heavy atom. The summed E-state index contributed by atoms with van der Waals surface area (Å²) in [5, 5.41) is 6.08. The number of nitrogens with zero attached hydrogens (tertiary/aromatic N) is 1. The third kappa shape index (κ3) is 4.94. The Bertz CT molecular complexity index is 208. The molecule has 1 saturated heterocycles. The van der Waals surface area contributed by atoms with Gasteiger partial charge in [-0.1, -0.05) is 6.42 Å². The first-order valence-corrected chi connectivity index (χ1v) is 6.35. The number of hydrogen-bond acceptors (Lipinski definition) is 3. The standard InChI is InChI=1S/C12H25N3O/c1-13-12(16)7-5-8-14-10-11-6-3-4-9-15(11)2/h11,14H,3-10H2,1-2H3,(H,13,16). The van der Waals surface area contributed by atoms with Gasteiger partial charge in [0, 0.05) is 26.1 Å². The highest BCUT2D eigenvalue weighted by Crippen LogP contribution is 2.13. The number of rotatable bonds is 6. The van der Waals surface area contributed by atoms with Crippen molar-refractivity contribution < 1.29 is 4.79 Å². The van der Waals surface area contributed by atoms with E-state index in [-0.39, 0.29) is 5.91 Å². The SMILES string of the molecule is CNC(=O)CCCNCC1CCCCN1C. The fraction of sp³-hybridized carbons (Fsp3) is 0.917. The lowest BCUT2D eigenvalue weighted by molar-refractivity contribution is -0.120. The van der Waals surface area contributed by atoms with Crippen molar-refractivity contribution in [3.05, 3.63) is 0 Å². The maximum absolute atomic E-state index is 11.0. The molecule has 94 valence electrons. The van der Waals surface area contributed by atoms with Gasteiger partial charge in [0.1, 0.15) is 0 Å². The summed E-state index contributed by atoms with van der Waals surface area (Å²) in [6.45, 7) is 3.23. The van der Waals surface area contributed by atoms with Crippen LogP contribution in [0.15, 0.2) is 0 Å². The summed E-state index contributed by atoms with van der Waals surface area (Å²) in [5.41, 5.74) is 0. The Morgan fingerprint density at radius 1 is 1.44 bits per heavy atom. The van der Waals surface area contributed by atoms with Crippen molar-refractivity contribution in [1.29, 1.82) is 0 Å². The molecular formula is C12H25N3O. The summed E-state index contributed by atoms with van der Waals surface area (Å²) in [6.07, 6.45) is 5.55. The van der Waals surface area contributed by atoms with Gasteiger partial charge in [0.25, 0.3) is 0 Å². The number of carbonyl (C=O) groups is 1. The molecule has 16 heavy (non-hydrogen) atoms. The molecule has 0 radical (unpaired) electrons. The van der Waals surface area contributed by atoms with Gasteiger partial charge in [-0.3, -0.25) is 4.79 Å². The van der Waals surface area contributed by atoms with Gasteiger partial charge in [-0.2, -0.15) is 0 Å². The van der Waals surface area contributed by atoms with Crippen LogP contribution in [0.1, 0.15) is 32.1 Å². The Labute approximate surface area is 98.8 Å². The first-order valence-electron chi connectivity index (χ1n) is 6.35. The summed E-state index contributed by atoms with van der Waals surface area (Å²) in [7, 11) is 3.89. The summed E-state index contributed by atoms with van der Waals surface area (Å²) in [4.78, 5) is 13.4. The molecule has 1 aliphatic heterocycles. The largest absolute Gasteiger partial charge is 0.359 e. The van der Waals surface area contributed by atoms with Crippen LogP contribution in [-0.4, -0.2) is 50.6 Å². The molecule has 1 unspecified atom stereocenters. The minimum Gasteiger partial charge on any atom is -0.359 e. The molecule has 0 aliphatic carbocycles. The first kappa shape index (κ1) is 13.5. The number of likely N-dealkylation sites (tertiary alicyclic amines) is 1. The highest BCUT2D eigenvalue weighted by atomic mass is 16.1. The minimum absolute atomic E-state index is 0.136. The molecule has 1 amide bonds. The highest BCUT2D eigenvalue weighted by molar-refractivity contribution is 5.75. The van der Waals surface area contributed by atoms with E-state index in [1.54, 1.807) is 7.05 Å². The Balaban J connectivity index is 1.99. The molecule has 0 saturated carbocycles. The van der Waals surface area contributed by atoms with Crippen molar-refractivity contribution in [3.8, 4) is 0 Å². The van der Waals surface area contributed by atoms with Crippen LogP contribution >= 0.6 is 0 Å². The van der Waals surface area contributed by atoms with E-state index < -0.39 is 0 Å². The van der Waals surface area contributed by atoms with Crippen LogP contribution in [0.2, 0.25) is 0 Å². The van der Waals surface area contributed by atoms with Crippen molar-refractivity contribution in [2.75, 3.05) is 33.7 Å². The molecule has 1 aliphatic rings. The van der Waals surface area contributed by atoms with Gasteiger partial charge in [-0.15, -0.1) is 0 Å². The molecule has 0 aromatic carbocycles. The number of hydrogen-bond donors (Lipinski definition) is 2. The molecule has 4 nitrogen and oxygen atoms in total. The van der Waals surface area contributed by atoms with Crippen LogP contribution in [0.4, 0.5) is 0 Å². The topological polar surface area (TPSA) is 44.4 Å². The normalized spacial score (nSPS) is 22.0. The number of piperidine rings is 1. The third-order valence-electron chi connectivity index (χ3n) is 3.34. The van der Waals surface area contributed by atoms with E-state index in [9.17, 15) is 4.79 Å². The van der Waals surface area contributed by atoms with Crippen LogP contribution < -0.4 is 10.6 Å². The van der Waals surface area contributed by atoms with Crippen LogP contribution in [-0.2, 0) is 4.79 Å². The monoisotopic (exact) mass is 227 g/mol. The van der Waals surface area contributed by atoms with Crippen LogP contribution in [0, 0.1) is 0 Å².